The summed E-state index contributed by atoms with van der Waals surface area (Å²) < 4.78 is 3.95. The molecular formula is C4H9NO4. The second-order valence-electron chi connectivity index (χ2n) is 1.57. The van der Waals surface area contributed by atoms with Crippen LogP contribution in [-0.4, -0.2) is 29.3 Å². The number of hydrogen-bond acceptors (Lipinski definition) is 4. The number of nitrogens with one attached hydrogen (secondary N) is 1. The summed E-state index contributed by atoms with van der Waals surface area (Å²) in [7, 11) is 1.31. The first-order chi connectivity index (χ1) is 3.95. The lowest BCUT2D eigenvalue weighted by atomic mass is 10.7. The van der Waals surface area contributed by atoms with E-state index in [4.69, 9.17) is 10.2 Å². The van der Waals surface area contributed by atoms with Crippen LogP contribution in [0.2, 0.25) is 0 Å². The fourth-order valence-electron chi connectivity index (χ4n) is 0.227. The minimum Gasteiger partial charge on any atom is -0.392 e. The van der Waals surface area contributed by atoms with E-state index in [1.807, 2.05) is 5.32 Å². The fourth-order valence-corrected chi connectivity index (χ4v) is 0.227. The maximum absolute atomic E-state index is 10.2. The molecule has 0 atom stereocenters. The van der Waals surface area contributed by atoms with Gasteiger partial charge < -0.3 is 20.3 Å². The predicted molar refractivity (Wildman–Crippen MR) is 28.4 cm³/mol. The first-order valence-electron chi connectivity index (χ1n) is 2.31. The Morgan fingerprint density at radius 1 is 1.67 bits per heavy atom. The normalized spacial score (nSPS) is 10.7. The summed E-state index contributed by atoms with van der Waals surface area (Å²) in [4.78, 5) is 10.2. The molecule has 0 heterocycles. The summed E-state index contributed by atoms with van der Waals surface area (Å²) in [5.74, 6) is -2.39. The quantitative estimate of drug-likeness (QED) is 0.403. The third-order valence-corrected chi connectivity index (χ3v) is 0.490. The van der Waals surface area contributed by atoms with Crippen LogP contribution < -0.4 is 5.32 Å². The number of hydrogen-bond donors (Lipinski definition) is 3. The highest BCUT2D eigenvalue weighted by Crippen LogP contribution is 1.97. The molecule has 3 N–H and O–H groups in total. The SMILES string of the molecule is CNC(=O)OC(C)(O)O. The maximum Gasteiger partial charge on any atom is 0.411 e. The first kappa shape index (κ1) is 8.19. The van der Waals surface area contributed by atoms with Gasteiger partial charge in [0, 0.05) is 14.0 Å². The molecule has 5 heteroatoms. The van der Waals surface area contributed by atoms with Crippen molar-refractivity contribution in [3.05, 3.63) is 0 Å². The second kappa shape index (κ2) is 2.65. The molecule has 0 unspecified atom stereocenters. The van der Waals surface area contributed by atoms with Gasteiger partial charge in [0.05, 0.1) is 0 Å². The highest BCUT2D eigenvalue weighted by atomic mass is 16.8. The Balaban J connectivity index is 3.60. The highest BCUT2D eigenvalue weighted by Gasteiger charge is 2.19. The number of carbonyl (C=O) groups is 1. The smallest absolute Gasteiger partial charge is 0.392 e. The van der Waals surface area contributed by atoms with Crippen molar-refractivity contribution >= 4 is 6.09 Å². The molecular weight excluding hydrogens is 126 g/mol. The lowest BCUT2D eigenvalue weighted by Gasteiger charge is -2.14. The number of carbonyl (C=O) groups excluding carboxylic acids is 1. The van der Waals surface area contributed by atoms with Crippen molar-refractivity contribution in [2.24, 2.45) is 0 Å². The van der Waals surface area contributed by atoms with Gasteiger partial charge in [-0.3, -0.25) is 0 Å². The molecule has 0 saturated heterocycles. The van der Waals surface area contributed by atoms with E-state index in [2.05, 4.69) is 4.74 Å². The molecule has 9 heavy (non-hydrogen) atoms. The molecule has 0 saturated carbocycles. The maximum atomic E-state index is 10.2. The van der Waals surface area contributed by atoms with Crippen LogP contribution in [0.25, 0.3) is 0 Å². The van der Waals surface area contributed by atoms with E-state index < -0.39 is 12.1 Å². The van der Waals surface area contributed by atoms with E-state index >= 15 is 0 Å². The molecule has 0 spiro atoms. The van der Waals surface area contributed by atoms with E-state index in [0.29, 0.717) is 0 Å². The van der Waals surface area contributed by atoms with Crippen LogP contribution in [0.1, 0.15) is 6.92 Å². The van der Waals surface area contributed by atoms with E-state index in [-0.39, 0.29) is 0 Å². The summed E-state index contributed by atoms with van der Waals surface area (Å²) in [6, 6.07) is 0. The Hall–Kier alpha value is -0.810. The van der Waals surface area contributed by atoms with Crippen LogP contribution in [0.5, 0.6) is 0 Å². The molecule has 0 radical (unpaired) electrons. The van der Waals surface area contributed by atoms with Gasteiger partial charge in [0.1, 0.15) is 0 Å². The topological polar surface area (TPSA) is 78.8 Å². The molecule has 0 bridgehead atoms. The average Bonchev–Trinajstić information content (AvgIpc) is 1.62. The Bertz CT molecular complexity index is 106. The molecule has 0 aliphatic rings. The van der Waals surface area contributed by atoms with Crippen molar-refractivity contribution in [3.63, 3.8) is 0 Å². The summed E-state index contributed by atoms with van der Waals surface area (Å²) in [6.45, 7) is 0.933. The third-order valence-electron chi connectivity index (χ3n) is 0.490. The second-order valence-corrected chi connectivity index (χ2v) is 1.57. The number of ether oxygens (including phenoxy) is 1. The monoisotopic (exact) mass is 135 g/mol. The van der Waals surface area contributed by atoms with Gasteiger partial charge in [0.25, 0.3) is 0 Å². The van der Waals surface area contributed by atoms with E-state index in [1.165, 1.54) is 7.05 Å². The Morgan fingerprint density at radius 2 is 2.11 bits per heavy atom. The van der Waals surface area contributed by atoms with Gasteiger partial charge in [-0.2, -0.15) is 0 Å². The van der Waals surface area contributed by atoms with Gasteiger partial charge in [-0.05, 0) is 0 Å². The van der Waals surface area contributed by atoms with Crippen LogP contribution >= 0.6 is 0 Å². The predicted octanol–water partition coefficient (Wildman–Crippen LogP) is -0.999. The van der Waals surface area contributed by atoms with Crippen molar-refractivity contribution in [1.29, 1.82) is 0 Å². The molecule has 0 rings (SSSR count). The number of alkyl carbamates (subject to hydrolysis) is 1. The molecule has 1 amide bonds. The summed E-state index contributed by atoms with van der Waals surface area (Å²) in [5.41, 5.74) is 0. The Kier molecular flexibility index (Phi) is 2.41. The molecule has 54 valence electrons. The van der Waals surface area contributed by atoms with Gasteiger partial charge in [-0.1, -0.05) is 0 Å². The van der Waals surface area contributed by atoms with Crippen molar-refractivity contribution in [2.75, 3.05) is 7.05 Å². The number of amides is 1. The molecule has 0 fully saturated rings. The van der Waals surface area contributed by atoms with Gasteiger partial charge in [-0.15, -0.1) is 0 Å². The summed E-state index contributed by atoms with van der Waals surface area (Å²) >= 11 is 0. The summed E-state index contributed by atoms with van der Waals surface area (Å²) in [6.07, 6.45) is -0.887. The van der Waals surface area contributed by atoms with Crippen molar-refractivity contribution < 1.29 is 19.7 Å². The van der Waals surface area contributed by atoms with Crippen molar-refractivity contribution in [2.45, 2.75) is 12.9 Å². The Labute approximate surface area is 52.2 Å². The van der Waals surface area contributed by atoms with E-state index in [1.54, 1.807) is 0 Å². The van der Waals surface area contributed by atoms with Gasteiger partial charge >= 0.3 is 12.1 Å². The first-order valence-corrected chi connectivity index (χ1v) is 2.31. The fraction of sp³-hybridized carbons (Fsp3) is 0.750. The highest BCUT2D eigenvalue weighted by molar-refractivity contribution is 5.66. The van der Waals surface area contributed by atoms with E-state index in [9.17, 15) is 4.79 Å². The molecule has 0 aromatic heterocycles. The standard InChI is InChI=1S/C4H9NO4/c1-4(7,8)9-3(6)5-2/h7-8H,1-2H3,(H,5,6). The molecule has 0 aliphatic carbocycles. The average molecular weight is 135 g/mol. The van der Waals surface area contributed by atoms with Crippen LogP contribution in [0.3, 0.4) is 0 Å². The van der Waals surface area contributed by atoms with Gasteiger partial charge in [0.15, 0.2) is 0 Å². The van der Waals surface area contributed by atoms with E-state index in [0.717, 1.165) is 6.92 Å². The zero-order chi connectivity index (χ0) is 7.49. The minimum atomic E-state index is -2.39. The lowest BCUT2D eigenvalue weighted by molar-refractivity contribution is -0.293. The van der Waals surface area contributed by atoms with Crippen molar-refractivity contribution in [3.8, 4) is 0 Å². The number of aliphatic hydroxyl groups is 2. The van der Waals surface area contributed by atoms with Gasteiger partial charge in [0.2, 0.25) is 0 Å². The van der Waals surface area contributed by atoms with Crippen LogP contribution in [0, 0.1) is 0 Å². The lowest BCUT2D eigenvalue weighted by Crippen LogP contribution is -2.34. The number of rotatable bonds is 1. The largest absolute Gasteiger partial charge is 0.411 e. The van der Waals surface area contributed by atoms with Crippen molar-refractivity contribution in [1.82, 2.24) is 5.32 Å². The third kappa shape index (κ3) is 5.05. The zero-order valence-corrected chi connectivity index (χ0v) is 5.21. The Morgan fingerprint density at radius 3 is 2.22 bits per heavy atom. The molecule has 0 aromatic rings. The molecule has 0 aromatic carbocycles. The zero-order valence-electron chi connectivity index (χ0n) is 5.21. The molecule has 0 aliphatic heterocycles. The van der Waals surface area contributed by atoms with Gasteiger partial charge in [-0.25, -0.2) is 4.79 Å². The molecule has 5 nitrogen and oxygen atoms in total. The minimum absolute atomic E-state index is 0.887. The van der Waals surface area contributed by atoms with Crippen LogP contribution in [0.15, 0.2) is 0 Å². The van der Waals surface area contributed by atoms with Crippen LogP contribution in [0.4, 0.5) is 4.79 Å². The summed E-state index contributed by atoms with van der Waals surface area (Å²) in [5, 5.41) is 18.8. The van der Waals surface area contributed by atoms with Crippen LogP contribution in [-0.2, 0) is 4.74 Å².